The first-order chi connectivity index (χ1) is 13.4. The molecule has 0 unspecified atom stereocenters. The molecule has 0 fully saturated rings. The Morgan fingerprint density at radius 1 is 1.18 bits per heavy atom. The van der Waals surface area contributed by atoms with Crippen LogP contribution >= 0.6 is 36.0 Å². The summed E-state index contributed by atoms with van der Waals surface area (Å²) in [6, 6.07) is 9.09. The van der Waals surface area contributed by atoms with Crippen LogP contribution in [-0.2, 0) is 19.5 Å². The van der Waals surface area contributed by atoms with Crippen LogP contribution in [0.15, 0.2) is 56.1 Å². The molecule has 2 rings (SSSR count). The van der Waals surface area contributed by atoms with Crippen molar-refractivity contribution in [3.63, 3.8) is 0 Å². The van der Waals surface area contributed by atoms with Crippen LogP contribution in [0.5, 0.6) is 0 Å². The van der Waals surface area contributed by atoms with Gasteiger partial charge in [-0.2, -0.15) is 18.7 Å². The van der Waals surface area contributed by atoms with Crippen molar-refractivity contribution in [3.8, 4) is 5.40 Å². The van der Waals surface area contributed by atoms with Crippen LogP contribution in [0, 0.1) is 10.7 Å². The quantitative estimate of drug-likeness (QED) is 0.0657. The third-order valence-electron chi connectivity index (χ3n) is 3.19. The zero-order valence-electron chi connectivity index (χ0n) is 13.7. The van der Waals surface area contributed by atoms with Crippen molar-refractivity contribution >= 4 is 69.1 Å². The molecule has 0 aliphatic heterocycles. The summed E-state index contributed by atoms with van der Waals surface area (Å²) in [7, 11) is -4.51. The van der Waals surface area contributed by atoms with E-state index in [1.165, 1.54) is 18.2 Å². The van der Waals surface area contributed by atoms with Crippen LogP contribution in [0.2, 0.25) is 0 Å². The molecule has 2 aromatic rings. The Kier molecular flexibility index (Phi) is 8.34. The molecule has 28 heavy (non-hydrogen) atoms. The van der Waals surface area contributed by atoms with Gasteiger partial charge in [-0.15, -0.1) is 4.33 Å². The third kappa shape index (κ3) is 6.25. The van der Waals surface area contributed by atoms with E-state index in [1.54, 1.807) is 30.3 Å². The number of thiocarbonyl (C=S) groups is 1. The molecule has 12 heteroatoms. The first kappa shape index (κ1) is 22.3. The number of thiocyanates is 1. The molecule has 0 bridgehead atoms. The first-order valence-corrected chi connectivity index (χ1v) is 10.5. The lowest BCUT2D eigenvalue weighted by molar-refractivity contribution is -0.432. The van der Waals surface area contributed by atoms with Gasteiger partial charge in [-0.05, 0) is 59.4 Å². The minimum Gasteiger partial charge on any atom is -0.282 e. The Morgan fingerprint density at radius 2 is 1.89 bits per heavy atom. The molecule has 0 aromatic heterocycles. The maximum absolute atomic E-state index is 11.7. The van der Waals surface area contributed by atoms with Gasteiger partial charge in [0.25, 0.3) is 10.1 Å². The van der Waals surface area contributed by atoms with Crippen molar-refractivity contribution in [3.05, 3.63) is 47.5 Å². The number of rotatable bonds is 8. The average Bonchev–Trinajstić information content (AvgIpc) is 2.66. The largest absolute Gasteiger partial charge is 0.295 e. The lowest BCUT2D eigenvalue weighted by Gasteiger charge is -2.06. The SMILES string of the molecule is N#CSc1ccc(/C=C/c2ccc(N=C=S)cc2SOOO)c(S(=O)(=O)O)c1. The number of nitriles is 1. The molecule has 0 aliphatic carbocycles. The smallest absolute Gasteiger partial charge is 0.282 e. The third-order valence-corrected chi connectivity index (χ3v) is 5.44. The first-order valence-electron chi connectivity index (χ1n) is 7.11. The zero-order valence-corrected chi connectivity index (χ0v) is 16.9. The number of aliphatic imine (C=N–C) groups is 1. The highest BCUT2D eigenvalue weighted by Crippen LogP contribution is 2.31. The number of hydrogen-bond donors (Lipinski definition) is 2. The lowest BCUT2D eigenvalue weighted by Crippen LogP contribution is -2.01. The summed E-state index contributed by atoms with van der Waals surface area (Å²) < 4.78 is 37.3. The van der Waals surface area contributed by atoms with Crippen molar-refractivity contribution in [2.45, 2.75) is 14.7 Å². The van der Waals surface area contributed by atoms with Crippen LogP contribution in [0.25, 0.3) is 12.2 Å². The van der Waals surface area contributed by atoms with Gasteiger partial charge in [0, 0.05) is 9.79 Å². The molecule has 0 spiro atoms. The molecule has 2 N–H and O–H groups in total. The number of hydrogen-bond acceptors (Lipinski definition) is 10. The summed E-state index contributed by atoms with van der Waals surface area (Å²) in [5.41, 5.74) is 1.26. The second-order valence-electron chi connectivity index (χ2n) is 4.85. The predicted octanol–water partition coefficient (Wildman–Crippen LogP) is 4.84. The molecule has 144 valence electrons. The standard InChI is InChI=1S/C16H10N2O6S4/c17-9-26-14-6-4-12(16(8-14)28(20,21)22)2-1-11-3-5-13(18-10-25)7-15(11)27-24-23-19/h1-8,19H,(H,20,21,22)/b2-1+. The van der Waals surface area contributed by atoms with Gasteiger partial charge in [0.05, 0.1) is 22.9 Å². The van der Waals surface area contributed by atoms with Crippen LogP contribution in [0.3, 0.4) is 0 Å². The second kappa shape index (κ2) is 10.5. The van der Waals surface area contributed by atoms with E-state index in [2.05, 4.69) is 31.7 Å². The Labute approximate surface area is 174 Å². The van der Waals surface area contributed by atoms with Crippen molar-refractivity contribution in [1.82, 2.24) is 0 Å². The molecule has 8 nitrogen and oxygen atoms in total. The predicted molar refractivity (Wildman–Crippen MR) is 108 cm³/mol. The van der Waals surface area contributed by atoms with Crippen molar-refractivity contribution < 1.29 is 27.6 Å². The van der Waals surface area contributed by atoms with E-state index in [0.29, 0.717) is 33.1 Å². The van der Waals surface area contributed by atoms with Crippen LogP contribution in [0.1, 0.15) is 11.1 Å². The Hall–Kier alpha value is -2.04. The second-order valence-corrected chi connectivity index (χ2v) is 8.03. The van der Waals surface area contributed by atoms with Gasteiger partial charge in [0.15, 0.2) is 0 Å². The van der Waals surface area contributed by atoms with Crippen LogP contribution < -0.4 is 0 Å². The van der Waals surface area contributed by atoms with E-state index >= 15 is 0 Å². The fourth-order valence-corrected chi connectivity index (χ4v) is 3.89. The fraction of sp³-hybridized carbons (Fsp3) is 0. The molecule has 0 heterocycles. The lowest BCUT2D eigenvalue weighted by atomic mass is 10.1. The van der Waals surface area contributed by atoms with Crippen molar-refractivity contribution in [2.75, 3.05) is 0 Å². The average molecular weight is 455 g/mol. The highest BCUT2D eigenvalue weighted by Gasteiger charge is 2.15. The normalized spacial score (nSPS) is 11.2. The molecule has 0 saturated carbocycles. The Morgan fingerprint density at radius 3 is 2.54 bits per heavy atom. The van der Waals surface area contributed by atoms with E-state index in [4.69, 9.17) is 10.5 Å². The van der Waals surface area contributed by atoms with E-state index in [1.807, 2.05) is 5.40 Å². The molecular weight excluding hydrogens is 444 g/mol. The summed E-state index contributed by atoms with van der Waals surface area (Å²) in [5, 5.41) is 24.7. The van der Waals surface area contributed by atoms with Gasteiger partial charge in [0.1, 0.15) is 10.3 Å². The van der Waals surface area contributed by atoms with Crippen LogP contribution in [-0.4, -0.2) is 23.4 Å². The fourth-order valence-electron chi connectivity index (χ4n) is 2.08. The molecule has 0 amide bonds. The molecule has 0 saturated heterocycles. The summed E-state index contributed by atoms with van der Waals surface area (Å²) in [6.45, 7) is 0. The Balaban J connectivity index is 2.47. The number of thioether (sulfide) groups is 1. The van der Waals surface area contributed by atoms with E-state index in [-0.39, 0.29) is 10.5 Å². The molecule has 0 radical (unpaired) electrons. The summed E-state index contributed by atoms with van der Waals surface area (Å²) in [5.74, 6) is 0. The molecular formula is C16H10N2O6S4. The Bertz CT molecular complexity index is 1090. The van der Waals surface area contributed by atoms with E-state index < -0.39 is 10.1 Å². The minimum atomic E-state index is -4.51. The van der Waals surface area contributed by atoms with Gasteiger partial charge in [-0.25, -0.2) is 5.26 Å². The number of benzene rings is 2. The van der Waals surface area contributed by atoms with Gasteiger partial charge in [-0.1, -0.05) is 29.3 Å². The maximum Gasteiger partial charge on any atom is 0.295 e. The van der Waals surface area contributed by atoms with Gasteiger partial charge < -0.3 is 0 Å². The highest BCUT2D eigenvalue weighted by molar-refractivity contribution is 8.03. The highest BCUT2D eigenvalue weighted by atomic mass is 32.2. The number of isothiocyanates is 1. The van der Waals surface area contributed by atoms with E-state index in [9.17, 15) is 13.0 Å². The van der Waals surface area contributed by atoms with Gasteiger partial charge >= 0.3 is 0 Å². The molecule has 0 aliphatic rings. The van der Waals surface area contributed by atoms with E-state index in [0.717, 1.165) is 11.8 Å². The van der Waals surface area contributed by atoms with Crippen molar-refractivity contribution in [2.24, 2.45) is 4.99 Å². The zero-order chi connectivity index (χ0) is 20.6. The van der Waals surface area contributed by atoms with Gasteiger partial charge in [0.2, 0.25) is 0 Å². The monoisotopic (exact) mass is 454 g/mol. The topological polar surface area (TPSA) is 129 Å². The molecule has 0 atom stereocenters. The minimum absolute atomic E-state index is 0.209. The maximum atomic E-state index is 11.7. The van der Waals surface area contributed by atoms with Crippen LogP contribution in [0.4, 0.5) is 5.69 Å². The summed E-state index contributed by atoms with van der Waals surface area (Å²) >= 11 is 6.01. The molecule has 2 aromatic carbocycles. The summed E-state index contributed by atoms with van der Waals surface area (Å²) in [4.78, 5) is 4.35. The van der Waals surface area contributed by atoms with Gasteiger partial charge in [-0.3, -0.25) is 4.55 Å². The van der Waals surface area contributed by atoms with Crippen molar-refractivity contribution in [1.29, 1.82) is 5.26 Å². The number of nitrogens with zero attached hydrogens (tertiary/aromatic N) is 2. The summed E-state index contributed by atoms with van der Waals surface area (Å²) in [6.07, 6.45) is 3.03.